The highest BCUT2D eigenvalue weighted by Gasteiger charge is 2.14. The summed E-state index contributed by atoms with van der Waals surface area (Å²) in [6.45, 7) is 12.5. The van der Waals surface area contributed by atoms with Crippen LogP contribution in [0.15, 0.2) is 48.0 Å². The van der Waals surface area contributed by atoms with E-state index >= 15 is 0 Å². The van der Waals surface area contributed by atoms with Crippen molar-refractivity contribution >= 4 is 0 Å². The largest absolute Gasteiger partial charge is 0.512 e. The molecule has 0 aliphatic heterocycles. The second-order valence-corrected chi connectivity index (χ2v) is 6.06. The molecule has 1 rings (SSSR count). The van der Waals surface area contributed by atoms with Gasteiger partial charge in [-0.3, -0.25) is 0 Å². The molecule has 2 N–H and O–H groups in total. The number of aliphatic hydroxyl groups excluding tert-OH is 2. The predicted octanol–water partition coefficient (Wildman–Crippen LogP) is 6.25. The van der Waals surface area contributed by atoms with Gasteiger partial charge in [0.25, 0.3) is 0 Å². The maximum Gasteiger partial charge on any atom is 0.149 e. The molecule has 0 saturated heterocycles. The topological polar surface area (TPSA) is 40.5 Å². The molecular formula is C19H32O2. The Morgan fingerprint density at radius 2 is 2.14 bits per heavy atom. The molecule has 0 bridgehead atoms. The molecule has 0 aromatic carbocycles. The Bertz CT molecular complexity index is 386. The minimum atomic E-state index is -0.131. The smallest absolute Gasteiger partial charge is 0.149 e. The molecule has 120 valence electrons. The van der Waals surface area contributed by atoms with Crippen LogP contribution in [0.25, 0.3) is 0 Å². The third kappa shape index (κ3) is 9.17. The molecule has 2 heteroatoms. The van der Waals surface area contributed by atoms with Crippen molar-refractivity contribution in [3.63, 3.8) is 0 Å². The number of rotatable bonds is 5. The van der Waals surface area contributed by atoms with Crippen molar-refractivity contribution in [2.45, 2.75) is 59.8 Å². The minimum absolute atomic E-state index is 0.131. The summed E-state index contributed by atoms with van der Waals surface area (Å²) in [6.07, 6.45) is 12.2. The minimum Gasteiger partial charge on any atom is -0.512 e. The van der Waals surface area contributed by atoms with Crippen molar-refractivity contribution in [2.24, 2.45) is 11.8 Å². The Balaban J connectivity index is 0.000000382. The quantitative estimate of drug-likeness (QED) is 0.357. The van der Waals surface area contributed by atoms with Crippen molar-refractivity contribution in [3.05, 3.63) is 48.0 Å². The number of aliphatic hydroxyl groups is 2. The third-order valence-corrected chi connectivity index (χ3v) is 3.89. The predicted molar refractivity (Wildman–Crippen MR) is 92.5 cm³/mol. The summed E-state index contributed by atoms with van der Waals surface area (Å²) in [6, 6.07) is 0. The third-order valence-electron chi connectivity index (χ3n) is 3.89. The van der Waals surface area contributed by atoms with Gasteiger partial charge in [-0.2, -0.15) is 0 Å². The van der Waals surface area contributed by atoms with Gasteiger partial charge in [-0.05, 0) is 56.1 Å². The van der Waals surface area contributed by atoms with Crippen molar-refractivity contribution in [3.8, 4) is 0 Å². The summed E-state index contributed by atoms with van der Waals surface area (Å²) in [5.41, 5.74) is 2.52. The highest BCUT2D eigenvalue weighted by molar-refractivity contribution is 5.24. The first-order chi connectivity index (χ1) is 9.94. The summed E-state index contributed by atoms with van der Waals surface area (Å²) in [5.74, 6) is 1.71. The lowest BCUT2D eigenvalue weighted by atomic mass is 9.83. The molecule has 0 heterocycles. The Morgan fingerprint density at radius 1 is 1.48 bits per heavy atom. The van der Waals surface area contributed by atoms with E-state index in [1.807, 2.05) is 6.92 Å². The average Bonchev–Trinajstić information content (AvgIpc) is 2.47. The standard InChI is InChI=1S/C10H18.C9H14O2/c1-8(2)10-6-4-9(3)5-7-10;1-3-5-8(4-2)6-9(11)7-10/h4,8,10H,5-7H2,1-3H3;4,6-7,10-11H,2-3,5H2,1H3/b;8-6+,9-7+. The van der Waals surface area contributed by atoms with E-state index in [2.05, 4.69) is 33.4 Å². The molecule has 0 fully saturated rings. The van der Waals surface area contributed by atoms with Crippen LogP contribution in [0.1, 0.15) is 59.8 Å². The highest BCUT2D eigenvalue weighted by atomic mass is 16.3. The van der Waals surface area contributed by atoms with Gasteiger partial charge in [-0.25, -0.2) is 0 Å². The van der Waals surface area contributed by atoms with Gasteiger partial charge in [-0.15, -0.1) is 0 Å². The fraction of sp³-hybridized carbons (Fsp3) is 0.579. The van der Waals surface area contributed by atoms with E-state index in [0.717, 1.165) is 30.3 Å². The van der Waals surface area contributed by atoms with Crippen LogP contribution in [0.4, 0.5) is 0 Å². The highest BCUT2D eigenvalue weighted by Crippen LogP contribution is 2.28. The lowest BCUT2D eigenvalue weighted by molar-refractivity contribution is 0.350. The van der Waals surface area contributed by atoms with E-state index in [1.165, 1.54) is 25.3 Å². The first kappa shape index (κ1) is 19.6. The summed E-state index contributed by atoms with van der Waals surface area (Å²) in [5, 5.41) is 17.2. The Morgan fingerprint density at radius 3 is 2.52 bits per heavy atom. The molecular weight excluding hydrogens is 260 g/mol. The van der Waals surface area contributed by atoms with Gasteiger partial charge in [-0.1, -0.05) is 51.5 Å². The van der Waals surface area contributed by atoms with E-state index in [4.69, 9.17) is 10.2 Å². The van der Waals surface area contributed by atoms with Gasteiger partial charge in [0.1, 0.15) is 12.0 Å². The van der Waals surface area contributed by atoms with Crippen molar-refractivity contribution in [1.82, 2.24) is 0 Å². The molecule has 0 aromatic heterocycles. The van der Waals surface area contributed by atoms with Crippen LogP contribution >= 0.6 is 0 Å². The van der Waals surface area contributed by atoms with Crippen LogP contribution in [0.5, 0.6) is 0 Å². The van der Waals surface area contributed by atoms with E-state index in [-0.39, 0.29) is 5.76 Å². The van der Waals surface area contributed by atoms with E-state index in [1.54, 1.807) is 11.6 Å². The zero-order valence-electron chi connectivity index (χ0n) is 14.1. The molecule has 1 unspecified atom stereocenters. The van der Waals surface area contributed by atoms with Crippen LogP contribution in [0.2, 0.25) is 0 Å². The molecule has 0 saturated carbocycles. The number of hydrogen-bond donors (Lipinski definition) is 2. The van der Waals surface area contributed by atoms with Crippen LogP contribution in [0.3, 0.4) is 0 Å². The Labute approximate surface area is 130 Å². The zero-order chi connectivity index (χ0) is 16.3. The first-order valence-corrected chi connectivity index (χ1v) is 7.96. The van der Waals surface area contributed by atoms with E-state index in [9.17, 15) is 0 Å². The molecule has 1 aliphatic carbocycles. The van der Waals surface area contributed by atoms with Crippen LogP contribution < -0.4 is 0 Å². The SMILES string of the molecule is C=C/C(=C\C(O)=C/O)CCC.CC1=CCC(C(C)C)CC1. The van der Waals surface area contributed by atoms with Gasteiger partial charge >= 0.3 is 0 Å². The summed E-state index contributed by atoms with van der Waals surface area (Å²) in [7, 11) is 0. The van der Waals surface area contributed by atoms with Crippen molar-refractivity contribution in [2.75, 3.05) is 0 Å². The van der Waals surface area contributed by atoms with Gasteiger partial charge < -0.3 is 10.2 Å². The maximum atomic E-state index is 8.87. The Kier molecular flexibility index (Phi) is 10.5. The Hall–Kier alpha value is -1.44. The van der Waals surface area contributed by atoms with E-state index in [0.29, 0.717) is 6.26 Å². The second-order valence-electron chi connectivity index (χ2n) is 6.06. The lowest BCUT2D eigenvalue weighted by Gasteiger charge is -2.23. The van der Waals surface area contributed by atoms with Crippen LogP contribution in [-0.4, -0.2) is 10.2 Å². The van der Waals surface area contributed by atoms with Gasteiger partial charge in [0.2, 0.25) is 0 Å². The van der Waals surface area contributed by atoms with Gasteiger partial charge in [0, 0.05) is 0 Å². The van der Waals surface area contributed by atoms with Crippen LogP contribution in [-0.2, 0) is 0 Å². The summed E-state index contributed by atoms with van der Waals surface area (Å²) in [4.78, 5) is 0. The molecule has 0 aromatic rings. The van der Waals surface area contributed by atoms with E-state index < -0.39 is 0 Å². The fourth-order valence-electron chi connectivity index (χ4n) is 2.34. The monoisotopic (exact) mass is 292 g/mol. The molecule has 0 radical (unpaired) electrons. The second kappa shape index (κ2) is 11.2. The number of hydrogen-bond acceptors (Lipinski definition) is 2. The molecule has 0 amide bonds. The molecule has 1 aliphatic rings. The van der Waals surface area contributed by atoms with Crippen LogP contribution in [0, 0.1) is 11.8 Å². The molecule has 21 heavy (non-hydrogen) atoms. The maximum absolute atomic E-state index is 8.87. The molecule has 0 spiro atoms. The normalized spacial score (nSPS) is 19.7. The van der Waals surface area contributed by atoms with Crippen molar-refractivity contribution in [1.29, 1.82) is 0 Å². The van der Waals surface area contributed by atoms with Crippen molar-refractivity contribution < 1.29 is 10.2 Å². The zero-order valence-corrected chi connectivity index (χ0v) is 14.1. The molecule has 2 nitrogen and oxygen atoms in total. The average molecular weight is 292 g/mol. The summed E-state index contributed by atoms with van der Waals surface area (Å²) < 4.78 is 0. The van der Waals surface area contributed by atoms with Gasteiger partial charge in [0.05, 0.1) is 0 Å². The lowest BCUT2D eigenvalue weighted by Crippen LogP contribution is -2.10. The first-order valence-electron chi connectivity index (χ1n) is 7.96. The van der Waals surface area contributed by atoms with Gasteiger partial charge in [0.15, 0.2) is 0 Å². The fourth-order valence-corrected chi connectivity index (χ4v) is 2.34. The summed E-state index contributed by atoms with van der Waals surface area (Å²) >= 11 is 0. The molecule has 1 atom stereocenters. The number of allylic oxidation sites excluding steroid dienone is 5.